The zero-order chi connectivity index (χ0) is 34.1. The fourth-order valence-corrected chi connectivity index (χ4v) is 5.11. The summed E-state index contributed by atoms with van der Waals surface area (Å²) >= 11 is 6.38. The van der Waals surface area contributed by atoms with Crippen molar-refractivity contribution in [1.29, 1.82) is 0 Å². The SMILES string of the molecule is CCCCCCCCCCCCOc1ccc(C(=O)Oc2ccc(C(=O)Oc3cccc(OC(=O)c4ccc(O)cc4)c3)cc2)cc1Cl. The number of halogens is 1. The van der Waals surface area contributed by atoms with E-state index < -0.39 is 17.9 Å². The molecule has 8 nitrogen and oxygen atoms in total. The van der Waals surface area contributed by atoms with Crippen LogP contribution in [0.5, 0.6) is 28.7 Å². The molecule has 4 aromatic carbocycles. The summed E-state index contributed by atoms with van der Waals surface area (Å²) in [5, 5.41) is 9.72. The van der Waals surface area contributed by atoms with Gasteiger partial charge in [-0.3, -0.25) is 0 Å². The summed E-state index contributed by atoms with van der Waals surface area (Å²) in [5.41, 5.74) is 0.731. The van der Waals surface area contributed by atoms with Crippen LogP contribution in [0, 0.1) is 0 Å². The molecule has 0 bridgehead atoms. The molecule has 0 aromatic heterocycles. The van der Waals surface area contributed by atoms with Crippen LogP contribution in [0.2, 0.25) is 5.02 Å². The number of phenolic OH excluding ortho intramolecular Hbond substituents is 1. The Morgan fingerprint density at radius 3 is 1.60 bits per heavy atom. The first kappa shape index (κ1) is 36.0. The molecule has 0 heterocycles. The second-order valence-corrected chi connectivity index (χ2v) is 11.8. The number of esters is 3. The molecule has 0 saturated heterocycles. The molecule has 252 valence electrons. The molecule has 0 radical (unpaired) electrons. The van der Waals surface area contributed by atoms with Crippen molar-refractivity contribution in [2.45, 2.75) is 71.1 Å². The Bertz CT molecular complexity index is 1630. The standard InChI is InChI=1S/C39H41ClO8/c1-2-3-4-5-6-7-8-9-10-11-25-45-36-24-19-30(26-35(36)40)39(44)46-32-22-17-29(18-23-32)38(43)48-34-14-12-13-33(27-34)47-37(42)28-15-20-31(41)21-16-28/h12-24,26-27,41H,2-11,25H2,1H3. The smallest absolute Gasteiger partial charge is 0.343 e. The average Bonchev–Trinajstić information content (AvgIpc) is 3.08. The number of carbonyl (C=O) groups excluding carboxylic acids is 3. The third kappa shape index (κ3) is 11.8. The molecule has 0 unspecified atom stereocenters. The molecule has 0 amide bonds. The largest absolute Gasteiger partial charge is 0.508 e. The second kappa shape index (κ2) is 19.1. The summed E-state index contributed by atoms with van der Waals surface area (Å²) in [6.07, 6.45) is 12.4. The number of hydrogen-bond donors (Lipinski definition) is 1. The normalized spacial score (nSPS) is 10.7. The number of unbranched alkanes of at least 4 members (excludes halogenated alkanes) is 9. The van der Waals surface area contributed by atoms with E-state index in [9.17, 15) is 19.5 Å². The Balaban J connectivity index is 1.20. The first-order valence-electron chi connectivity index (χ1n) is 16.4. The predicted molar refractivity (Wildman–Crippen MR) is 185 cm³/mol. The highest BCUT2D eigenvalue weighted by molar-refractivity contribution is 6.32. The Morgan fingerprint density at radius 1 is 0.562 bits per heavy atom. The van der Waals surface area contributed by atoms with Crippen LogP contribution in [0.3, 0.4) is 0 Å². The summed E-state index contributed by atoms with van der Waals surface area (Å²) in [6.45, 7) is 2.80. The van der Waals surface area contributed by atoms with E-state index in [1.807, 2.05) is 0 Å². The van der Waals surface area contributed by atoms with Crippen molar-refractivity contribution in [3.05, 3.63) is 113 Å². The Kier molecular flexibility index (Phi) is 14.3. The molecule has 0 saturated carbocycles. The third-order valence-electron chi connectivity index (χ3n) is 7.55. The number of aromatic hydroxyl groups is 1. The zero-order valence-electron chi connectivity index (χ0n) is 27.1. The second-order valence-electron chi connectivity index (χ2n) is 11.4. The maximum absolute atomic E-state index is 12.8. The third-order valence-corrected chi connectivity index (χ3v) is 7.85. The topological polar surface area (TPSA) is 108 Å². The molecule has 0 atom stereocenters. The van der Waals surface area contributed by atoms with Gasteiger partial charge in [-0.05, 0) is 85.3 Å². The lowest BCUT2D eigenvalue weighted by atomic mass is 10.1. The molecule has 0 aliphatic carbocycles. The average molecular weight is 673 g/mol. The van der Waals surface area contributed by atoms with E-state index in [1.54, 1.807) is 30.3 Å². The van der Waals surface area contributed by atoms with Crippen molar-refractivity contribution in [3.63, 3.8) is 0 Å². The molecule has 48 heavy (non-hydrogen) atoms. The molecule has 0 spiro atoms. The minimum atomic E-state index is -0.657. The van der Waals surface area contributed by atoms with Gasteiger partial charge in [0, 0.05) is 6.07 Å². The van der Waals surface area contributed by atoms with E-state index in [4.69, 9.17) is 30.5 Å². The first-order chi connectivity index (χ1) is 23.3. The van der Waals surface area contributed by atoms with Gasteiger partial charge in [-0.1, -0.05) is 82.4 Å². The first-order valence-corrected chi connectivity index (χ1v) is 16.8. The van der Waals surface area contributed by atoms with Gasteiger partial charge in [-0.15, -0.1) is 0 Å². The summed E-state index contributed by atoms with van der Waals surface area (Å²) < 4.78 is 22.1. The number of hydrogen-bond acceptors (Lipinski definition) is 8. The van der Waals surface area contributed by atoms with Crippen LogP contribution in [-0.2, 0) is 0 Å². The lowest BCUT2D eigenvalue weighted by Gasteiger charge is -2.10. The van der Waals surface area contributed by atoms with Crippen molar-refractivity contribution in [1.82, 2.24) is 0 Å². The van der Waals surface area contributed by atoms with Crippen molar-refractivity contribution in [2.75, 3.05) is 6.61 Å². The maximum Gasteiger partial charge on any atom is 0.343 e. The summed E-state index contributed by atoms with van der Waals surface area (Å²) in [5.74, 6) is -0.766. The number of phenols is 1. The van der Waals surface area contributed by atoms with Crippen LogP contribution >= 0.6 is 11.6 Å². The number of carbonyl (C=O) groups is 3. The molecule has 1 N–H and O–H groups in total. The van der Waals surface area contributed by atoms with Gasteiger partial charge >= 0.3 is 17.9 Å². The van der Waals surface area contributed by atoms with Crippen molar-refractivity contribution in [3.8, 4) is 28.7 Å². The molecule has 9 heteroatoms. The van der Waals surface area contributed by atoms with Gasteiger partial charge in [-0.25, -0.2) is 14.4 Å². The minimum absolute atomic E-state index is 0.0294. The molecule has 0 fully saturated rings. The van der Waals surface area contributed by atoms with Gasteiger partial charge in [0.2, 0.25) is 0 Å². The molecule has 4 aromatic rings. The fourth-order valence-electron chi connectivity index (χ4n) is 4.87. The maximum atomic E-state index is 12.8. The van der Waals surface area contributed by atoms with E-state index in [0.29, 0.717) is 17.4 Å². The van der Waals surface area contributed by atoms with Crippen LogP contribution < -0.4 is 18.9 Å². The molecule has 4 rings (SSSR count). The molecular formula is C39H41ClO8. The monoisotopic (exact) mass is 672 g/mol. The summed E-state index contributed by atoms with van der Waals surface area (Å²) in [6, 6.07) is 22.4. The quantitative estimate of drug-likeness (QED) is 0.0632. The van der Waals surface area contributed by atoms with E-state index in [-0.39, 0.29) is 39.7 Å². The van der Waals surface area contributed by atoms with Crippen LogP contribution in [0.1, 0.15) is 102 Å². The van der Waals surface area contributed by atoms with Crippen LogP contribution in [0.25, 0.3) is 0 Å². The highest BCUT2D eigenvalue weighted by Gasteiger charge is 2.15. The van der Waals surface area contributed by atoms with Crippen LogP contribution in [0.15, 0.2) is 91.0 Å². The minimum Gasteiger partial charge on any atom is -0.508 e. The van der Waals surface area contributed by atoms with Crippen molar-refractivity contribution < 1.29 is 38.4 Å². The van der Waals surface area contributed by atoms with Crippen molar-refractivity contribution in [2.24, 2.45) is 0 Å². The fraction of sp³-hybridized carbons (Fsp3) is 0.308. The summed E-state index contributed by atoms with van der Waals surface area (Å²) in [7, 11) is 0. The number of rotatable bonds is 18. The molecule has 0 aliphatic heterocycles. The van der Waals surface area contributed by atoms with Crippen LogP contribution in [0.4, 0.5) is 0 Å². The Hall–Kier alpha value is -4.82. The van der Waals surface area contributed by atoms with Crippen LogP contribution in [-0.4, -0.2) is 29.6 Å². The molecule has 0 aliphatic rings. The number of ether oxygens (including phenoxy) is 4. The van der Waals surface area contributed by atoms with Gasteiger partial charge in [0.1, 0.15) is 28.7 Å². The highest BCUT2D eigenvalue weighted by Crippen LogP contribution is 2.27. The summed E-state index contributed by atoms with van der Waals surface area (Å²) in [4.78, 5) is 37.8. The van der Waals surface area contributed by atoms with Gasteiger partial charge in [0.05, 0.1) is 28.3 Å². The van der Waals surface area contributed by atoms with E-state index in [2.05, 4.69) is 6.92 Å². The number of benzene rings is 4. The van der Waals surface area contributed by atoms with Gasteiger partial charge in [-0.2, -0.15) is 0 Å². The van der Waals surface area contributed by atoms with E-state index in [1.165, 1.54) is 112 Å². The van der Waals surface area contributed by atoms with Crippen molar-refractivity contribution >= 4 is 29.5 Å². The van der Waals surface area contributed by atoms with Gasteiger partial charge < -0.3 is 24.1 Å². The van der Waals surface area contributed by atoms with Gasteiger partial charge in [0.25, 0.3) is 0 Å². The van der Waals surface area contributed by atoms with E-state index in [0.717, 1.165) is 12.8 Å². The Labute approximate surface area is 286 Å². The predicted octanol–water partition coefficient (Wildman–Crippen LogP) is 10.0. The lowest BCUT2D eigenvalue weighted by molar-refractivity contribution is 0.0723. The van der Waals surface area contributed by atoms with E-state index >= 15 is 0 Å². The highest BCUT2D eigenvalue weighted by atomic mass is 35.5. The van der Waals surface area contributed by atoms with Gasteiger partial charge in [0.15, 0.2) is 0 Å². The molecular weight excluding hydrogens is 632 g/mol. The zero-order valence-corrected chi connectivity index (χ0v) is 27.9. The Morgan fingerprint density at radius 2 is 1.04 bits per heavy atom. The lowest BCUT2D eigenvalue weighted by Crippen LogP contribution is -2.11.